The Morgan fingerprint density at radius 2 is 2.04 bits per heavy atom. The second-order valence-electron chi connectivity index (χ2n) is 8.72. The normalized spacial score (nSPS) is 34.8. The maximum atomic E-state index is 13.4. The fourth-order valence-corrected chi connectivity index (χ4v) is 6.43. The molecule has 1 amide bonds. The third-order valence-electron chi connectivity index (χ3n) is 6.83. The van der Waals surface area contributed by atoms with E-state index in [1.54, 1.807) is 6.33 Å². The fourth-order valence-electron chi connectivity index (χ4n) is 6.19. The minimum absolute atomic E-state index is 0.0203. The van der Waals surface area contributed by atoms with Gasteiger partial charge in [0, 0.05) is 10.2 Å². The predicted molar refractivity (Wildman–Crippen MR) is 103 cm³/mol. The molecule has 4 bridgehead atoms. The second-order valence-corrected chi connectivity index (χ2v) is 9.58. The largest absolute Gasteiger partial charge is 0.326 e. The zero-order chi connectivity index (χ0) is 17.9. The molecule has 0 saturated heterocycles. The molecule has 26 heavy (non-hydrogen) atoms. The Morgan fingerprint density at radius 1 is 1.27 bits per heavy atom. The van der Waals surface area contributed by atoms with Gasteiger partial charge in [0.25, 0.3) is 0 Å². The number of amides is 1. The number of halogens is 1. The maximum Gasteiger partial charge on any atom is 0.230 e. The van der Waals surface area contributed by atoms with E-state index >= 15 is 0 Å². The molecule has 4 fully saturated rings. The number of aromatic nitrogens is 3. The van der Waals surface area contributed by atoms with Crippen molar-refractivity contribution < 1.29 is 4.79 Å². The smallest absolute Gasteiger partial charge is 0.230 e. The standard InChI is InChI=1S/C20H23BrN4O/c1-13-4-16(2-3-17(13)21)24-18(26)19-6-14-5-15(7-19)9-20(8-14,10-19)25-12-22-11-23-25/h2-4,11-12,14-15H,5-10H2,1H3,(H,24,26)/t14-,15-,19?,20?/m0/s1. The molecule has 1 aromatic carbocycles. The average Bonchev–Trinajstić information content (AvgIpc) is 3.12. The number of benzene rings is 1. The molecule has 6 rings (SSSR count). The lowest BCUT2D eigenvalue weighted by atomic mass is 9.46. The molecule has 0 unspecified atom stereocenters. The summed E-state index contributed by atoms with van der Waals surface area (Å²) >= 11 is 3.53. The van der Waals surface area contributed by atoms with Crippen molar-refractivity contribution in [2.24, 2.45) is 17.3 Å². The Bertz CT molecular complexity index is 849. The van der Waals surface area contributed by atoms with Gasteiger partial charge in [-0.1, -0.05) is 15.9 Å². The van der Waals surface area contributed by atoms with Gasteiger partial charge >= 0.3 is 0 Å². The van der Waals surface area contributed by atoms with Gasteiger partial charge in [0.1, 0.15) is 12.7 Å². The summed E-state index contributed by atoms with van der Waals surface area (Å²) in [6.45, 7) is 2.05. The number of nitrogens with one attached hydrogen (secondary N) is 1. The molecule has 0 spiro atoms. The summed E-state index contributed by atoms with van der Waals surface area (Å²) in [7, 11) is 0. The molecule has 2 aromatic rings. The molecule has 0 radical (unpaired) electrons. The first-order valence-corrected chi connectivity index (χ1v) is 10.2. The summed E-state index contributed by atoms with van der Waals surface area (Å²) in [5.41, 5.74) is 1.73. The molecular weight excluding hydrogens is 392 g/mol. The fraction of sp³-hybridized carbons (Fsp3) is 0.550. The van der Waals surface area contributed by atoms with E-state index in [-0.39, 0.29) is 16.9 Å². The molecule has 2 atom stereocenters. The molecule has 4 aliphatic carbocycles. The number of rotatable bonds is 3. The van der Waals surface area contributed by atoms with E-state index < -0.39 is 0 Å². The van der Waals surface area contributed by atoms with Crippen LogP contribution in [0.25, 0.3) is 0 Å². The third-order valence-corrected chi connectivity index (χ3v) is 7.72. The number of anilines is 1. The summed E-state index contributed by atoms with van der Waals surface area (Å²) in [6, 6.07) is 6.01. The van der Waals surface area contributed by atoms with Crippen molar-refractivity contribution in [1.29, 1.82) is 0 Å². The summed E-state index contributed by atoms with van der Waals surface area (Å²) in [4.78, 5) is 17.6. The molecule has 6 heteroatoms. The molecule has 4 saturated carbocycles. The van der Waals surface area contributed by atoms with Crippen LogP contribution in [0.15, 0.2) is 35.3 Å². The van der Waals surface area contributed by atoms with Crippen LogP contribution in [0.2, 0.25) is 0 Å². The lowest BCUT2D eigenvalue weighted by Crippen LogP contribution is -2.60. The van der Waals surface area contributed by atoms with Gasteiger partial charge in [-0.15, -0.1) is 0 Å². The first-order valence-electron chi connectivity index (χ1n) is 9.41. The minimum Gasteiger partial charge on any atom is -0.326 e. The molecular formula is C20H23BrN4O. The van der Waals surface area contributed by atoms with Crippen LogP contribution in [0.1, 0.15) is 44.1 Å². The first kappa shape index (κ1) is 16.5. The quantitative estimate of drug-likeness (QED) is 0.814. The molecule has 4 aliphatic rings. The van der Waals surface area contributed by atoms with Crippen LogP contribution in [0.4, 0.5) is 5.69 Å². The average molecular weight is 415 g/mol. The highest BCUT2D eigenvalue weighted by Crippen LogP contribution is 2.64. The lowest BCUT2D eigenvalue weighted by molar-refractivity contribution is -0.150. The van der Waals surface area contributed by atoms with Gasteiger partial charge in [-0.25, -0.2) is 9.67 Å². The number of carbonyl (C=O) groups is 1. The summed E-state index contributed by atoms with van der Waals surface area (Å²) in [5.74, 6) is 1.44. The van der Waals surface area contributed by atoms with Crippen molar-refractivity contribution in [3.05, 3.63) is 40.9 Å². The van der Waals surface area contributed by atoms with Gasteiger partial charge < -0.3 is 5.32 Å². The van der Waals surface area contributed by atoms with Gasteiger partial charge in [-0.05, 0) is 81.0 Å². The van der Waals surface area contributed by atoms with Crippen molar-refractivity contribution in [2.75, 3.05) is 5.32 Å². The maximum absolute atomic E-state index is 13.4. The molecule has 1 N–H and O–H groups in total. The molecule has 0 aliphatic heterocycles. The van der Waals surface area contributed by atoms with Crippen molar-refractivity contribution in [2.45, 2.75) is 51.0 Å². The zero-order valence-electron chi connectivity index (χ0n) is 14.9. The van der Waals surface area contributed by atoms with Crippen LogP contribution >= 0.6 is 15.9 Å². The van der Waals surface area contributed by atoms with Crippen molar-refractivity contribution >= 4 is 27.5 Å². The number of hydrogen-bond donors (Lipinski definition) is 1. The van der Waals surface area contributed by atoms with E-state index in [2.05, 4.69) is 36.0 Å². The third kappa shape index (κ3) is 2.45. The summed E-state index contributed by atoms with van der Waals surface area (Å²) < 4.78 is 3.12. The van der Waals surface area contributed by atoms with E-state index in [1.165, 1.54) is 6.42 Å². The SMILES string of the molecule is Cc1cc(NC(=O)C23C[C@@H]4C[C@@H](C2)CC(n2cncn2)(C4)C3)ccc1Br. The molecule has 1 aromatic heterocycles. The van der Waals surface area contributed by atoms with Crippen LogP contribution < -0.4 is 5.32 Å². The Hall–Kier alpha value is -1.69. The van der Waals surface area contributed by atoms with Crippen molar-refractivity contribution in [3.63, 3.8) is 0 Å². The Balaban J connectivity index is 1.46. The van der Waals surface area contributed by atoms with E-state index in [4.69, 9.17) is 0 Å². The van der Waals surface area contributed by atoms with Gasteiger partial charge in [-0.3, -0.25) is 4.79 Å². The van der Waals surface area contributed by atoms with Gasteiger partial charge in [-0.2, -0.15) is 5.10 Å². The van der Waals surface area contributed by atoms with Crippen LogP contribution in [0.5, 0.6) is 0 Å². The topological polar surface area (TPSA) is 59.8 Å². The van der Waals surface area contributed by atoms with Crippen LogP contribution in [-0.2, 0) is 10.3 Å². The summed E-state index contributed by atoms with van der Waals surface area (Å²) in [5, 5.41) is 7.70. The minimum atomic E-state index is -0.267. The van der Waals surface area contributed by atoms with Gasteiger partial charge in [0.2, 0.25) is 5.91 Å². The van der Waals surface area contributed by atoms with Crippen LogP contribution in [0, 0.1) is 24.2 Å². The van der Waals surface area contributed by atoms with Crippen LogP contribution in [0.3, 0.4) is 0 Å². The monoisotopic (exact) mass is 414 g/mol. The Morgan fingerprint density at radius 3 is 2.69 bits per heavy atom. The Labute approximate surface area is 161 Å². The summed E-state index contributed by atoms with van der Waals surface area (Å²) in [6.07, 6.45) is 9.93. The zero-order valence-corrected chi connectivity index (χ0v) is 16.5. The second kappa shape index (κ2) is 5.65. The Kier molecular flexibility index (Phi) is 3.58. The molecule has 5 nitrogen and oxygen atoms in total. The van der Waals surface area contributed by atoms with E-state index in [9.17, 15) is 4.79 Å². The van der Waals surface area contributed by atoms with Crippen molar-refractivity contribution in [1.82, 2.24) is 14.8 Å². The van der Waals surface area contributed by atoms with E-state index in [0.717, 1.165) is 47.8 Å². The highest BCUT2D eigenvalue weighted by Gasteiger charge is 2.61. The van der Waals surface area contributed by atoms with Crippen molar-refractivity contribution in [3.8, 4) is 0 Å². The number of aryl methyl sites for hydroxylation is 1. The molecule has 1 heterocycles. The predicted octanol–water partition coefficient (Wildman–Crippen LogP) is 4.28. The van der Waals surface area contributed by atoms with Crippen LogP contribution in [-0.4, -0.2) is 20.7 Å². The molecule has 136 valence electrons. The number of hydrogen-bond acceptors (Lipinski definition) is 3. The lowest BCUT2D eigenvalue weighted by Gasteiger charge is -2.60. The number of carbonyl (C=O) groups excluding carboxylic acids is 1. The highest BCUT2D eigenvalue weighted by atomic mass is 79.9. The van der Waals surface area contributed by atoms with E-state index in [1.807, 2.05) is 31.5 Å². The van der Waals surface area contributed by atoms with Gasteiger partial charge in [0.15, 0.2) is 0 Å². The highest BCUT2D eigenvalue weighted by molar-refractivity contribution is 9.10. The van der Waals surface area contributed by atoms with Gasteiger partial charge in [0.05, 0.1) is 11.0 Å². The first-order chi connectivity index (χ1) is 12.5. The van der Waals surface area contributed by atoms with E-state index in [0.29, 0.717) is 11.8 Å². The number of nitrogens with zero attached hydrogens (tertiary/aromatic N) is 3.